The average Bonchev–Trinajstić information content (AvgIpc) is 2.43. The molecular weight excluding hydrogens is 296 g/mol. The zero-order valence-corrected chi connectivity index (χ0v) is 11.9. The first-order valence-electron chi connectivity index (χ1n) is 6.51. The zero-order valence-electron chi connectivity index (χ0n) is 11.9. The largest absolute Gasteiger partial charge is 0.367 e. The second kappa shape index (κ2) is 6.18. The first-order chi connectivity index (χ1) is 10.3. The van der Waals surface area contributed by atoms with E-state index in [1.807, 2.05) is 0 Å². The Labute approximate surface area is 124 Å². The number of carbonyl (C=O) groups is 1. The van der Waals surface area contributed by atoms with E-state index in [0.717, 1.165) is 4.68 Å². The lowest BCUT2D eigenvalue weighted by Gasteiger charge is -2.16. The number of benzene rings is 1. The fraction of sp³-hybridized carbons (Fsp3) is 0.357. The van der Waals surface area contributed by atoms with Crippen LogP contribution in [0.25, 0.3) is 11.0 Å². The highest BCUT2D eigenvalue weighted by Gasteiger charge is 2.32. The molecule has 0 aliphatic carbocycles. The monoisotopic (exact) mass is 311 g/mol. The van der Waals surface area contributed by atoms with Crippen LogP contribution in [0.5, 0.6) is 0 Å². The Balaban J connectivity index is 2.25. The summed E-state index contributed by atoms with van der Waals surface area (Å²) in [7, 11) is 0. The van der Waals surface area contributed by atoms with Crippen molar-refractivity contribution in [2.45, 2.75) is 19.3 Å². The van der Waals surface area contributed by atoms with E-state index in [1.165, 1.54) is 6.92 Å². The zero-order chi connectivity index (χ0) is 16.3. The molecule has 22 heavy (non-hydrogen) atoms. The third kappa shape index (κ3) is 3.64. The lowest BCUT2D eigenvalue weighted by molar-refractivity contribution is -0.127. The van der Waals surface area contributed by atoms with Crippen molar-refractivity contribution in [2.24, 2.45) is 0 Å². The number of ether oxygens (including phenoxy) is 1. The number of nitrogens with zero attached hydrogens (tertiary/aromatic N) is 2. The number of nitrogens with two attached hydrogens (primary N) is 1. The van der Waals surface area contributed by atoms with E-state index in [9.17, 15) is 18.4 Å². The number of fused-ring (bicyclic) bond motifs is 1. The SMILES string of the molecule is CC(=O)COCC(F)(F)Cc1nc2ccccc2n(N)c1=O. The number of nitrogen functional groups attached to an aromatic ring is 1. The minimum atomic E-state index is -3.32. The molecule has 1 aromatic carbocycles. The molecule has 2 rings (SSSR count). The molecule has 0 aliphatic rings. The van der Waals surface area contributed by atoms with Gasteiger partial charge < -0.3 is 10.6 Å². The molecule has 0 atom stereocenters. The van der Waals surface area contributed by atoms with E-state index in [-0.39, 0.29) is 11.5 Å². The molecule has 8 heteroatoms. The topological polar surface area (TPSA) is 87.2 Å². The van der Waals surface area contributed by atoms with Gasteiger partial charge >= 0.3 is 0 Å². The van der Waals surface area contributed by atoms with E-state index in [2.05, 4.69) is 9.72 Å². The summed E-state index contributed by atoms with van der Waals surface area (Å²) < 4.78 is 33.0. The summed E-state index contributed by atoms with van der Waals surface area (Å²) in [5.41, 5.74) is -0.435. The summed E-state index contributed by atoms with van der Waals surface area (Å²) in [5, 5.41) is 0. The van der Waals surface area contributed by atoms with Crippen molar-refractivity contribution in [3.63, 3.8) is 0 Å². The Kier molecular flexibility index (Phi) is 4.51. The third-order valence-electron chi connectivity index (χ3n) is 2.91. The predicted molar refractivity (Wildman–Crippen MR) is 76.3 cm³/mol. The number of halogens is 2. The standard InChI is InChI=1S/C14H15F2N3O3/c1-9(20)7-22-8-14(15,16)6-11-13(21)19(17)12-5-3-2-4-10(12)18-11/h2-5H,6-8,17H2,1H3. The van der Waals surface area contributed by atoms with Gasteiger partial charge in [0.1, 0.15) is 18.9 Å². The summed E-state index contributed by atoms with van der Waals surface area (Å²) in [6.07, 6.45) is -0.911. The molecule has 1 aromatic heterocycles. The summed E-state index contributed by atoms with van der Waals surface area (Å²) in [5.74, 6) is 1.94. The molecule has 2 aromatic rings. The van der Waals surface area contributed by atoms with E-state index < -0.39 is 31.1 Å². The predicted octanol–water partition coefficient (Wildman–Crippen LogP) is 0.894. The van der Waals surface area contributed by atoms with Crippen LogP contribution in [0.15, 0.2) is 29.1 Å². The summed E-state index contributed by atoms with van der Waals surface area (Å²) in [6.45, 7) is -0.136. The van der Waals surface area contributed by atoms with Crippen LogP contribution in [0.3, 0.4) is 0 Å². The lowest BCUT2D eigenvalue weighted by Crippen LogP contribution is -2.36. The van der Waals surface area contributed by atoms with E-state index in [1.54, 1.807) is 24.3 Å². The van der Waals surface area contributed by atoms with E-state index in [0.29, 0.717) is 11.0 Å². The van der Waals surface area contributed by atoms with Gasteiger partial charge in [-0.15, -0.1) is 0 Å². The first kappa shape index (κ1) is 16.0. The van der Waals surface area contributed by atoms with Crippen LogP contribution < -0.4 is 11.4 Å². The average molecular weight is 311 g/mol. The summed E-state index contributed by atoms with van der Waals surface area (Å²) >= 11 is 0. The minimum Gasteiger partial charge on any atom is -0.367 e. The quantitative estimate of drug-likeness (QED) is 0.801. The van der Waals surface area contributed by atoms with Gasteiger partial charge in [-0.05, 0) is 19.1 Å². The molecule has 0 aliphatic heterocycles. The minimum absolute atomic E-state index is 0.347. The molecule has 0 amide bonds. The normalized spacial score (nSPS) is 11.8. The van der Waals surface area contributed by atoms with Gasteiger partial charge in [0.2, 0.25) is 0 Å². The third-order valence-corrected chi connectivity index (χ3v) is 2.91. The van der Waals surface area contributed by atoms with Crippen LogP contribution in [-0.4, -0.2) is 34.6 Å². The van der Waals surface area contributed by atoms with Gasteiger partial charge in [0.25, 0.3) is 11.5 Å². The van der Waals surface area contributed by atoms with Crippen molar-refractivity contribution in [2.75, 3.05) is 19.1 Å². The smallest absolute Gasteiger partial charge is 0.291 e. The molecule has 0 saturated carbocycles. The van der Waals surface area contributed by atoms with Gasteiger partial charge in [-0.1, -0.05) is 12.1 Å². The van der Waals surface area contributed by atoms with Gasteiger partial charge in [-0.2, -0.15) is 0 Å². The van der Waals surface area contributed by atoms with E-state index >= 15 is 0 Å². The Bertz CT molecular complexity index is 759. The van der Waals surface area contributed by atoms with Crippen LogP contribution in [-0.2, 0) is 16.0 Å². The number of hydrogen-bond donors (Lipinski definition) is 1. The Morgan fingerprint density at radius 1 is 1.41 bits per heavy atom. The van der Waals surface area contributed by atoms with Gasteiger partial charge in [-0.3, -0.25) is 9.59 Å². The van der Waals surface area contributed by atoms with Crippen molar-refractivity contribution >= 4 is 16.8 Å². The number of ketones is 1. The molecular formula is C14H15F2N3O3. The second-order valence-electron chi connectivity index (χ2n) is 4.95. The second-order valence-corrected chi connectivity index (χ2v) is 4.95. The van der Waals surface area contributed by atoms with Crippen molar-refractivity contribution in [3.05, 3.63) is 40.3 Å². The molecule has 0 unspecified atom stereocenters. The van der Waals surface area contributed by atoms with E-state index in [4.69, 9.17) is 5.84 Å². The highest BCUT2D eigenvalue weighted by atomic mass is 19.3. The van der Waals surface area contributed by atoms with Gasteiger partial charge in [0, 0.05) is 0 Å². The van der Waals surface area contributed by atoms with Crippen LogP contribution in [0.4, 0.5) is 8.78 Å². The van der Waals surface area contributed by atoms with Gasteiger partial charge in [0.15, 0.2) is 5.78 Å². The van der Waals surface area contributed by atoms with Gasteiger partial charge in [-0.25, -0.2) is 18.4 Å². The molecule has 6 nitrogen and oxygen atoms in total. The van der Waals surface area contributed by atoms with Crippen molar-refractivity contribution in [1.82, 2.24) is 9.66 Å². The molecule has 118 valence electrons. The maximum Gasteiger partial charge on any atom is 0.291 e. The number of carbonyl (C=O) groups excluding carboxylic acids is 1. The van der Waals surface area contributed by atoms with Crippen molar-refractivity contribution in [3.8, 4) is 0 Å². The van der Waals surface area contributed by atoms with Crippen LogP contribution in [0.1, 0.15) is 12.6 Å². The number of rotatable bonds is 6. The molecule has 2 N–H and O–H groups in total. The number of hydrogen-bond acceptors (Lipinski definition) is 5. The number of aromatic nitrogens is 2. The molecule has 1 heterocycles. The fourth-order valence-corrected chi connectivity index (χ4v) is 1.96. The molecule has 0 bridgehead atoms. The summed E-state index contributed by atoms with van der Waals surface area (Å²) in [4.78, 5) is 26.6. The fourth-order valence-electron chi connectivity index (χ4n) is 1.96. The van der Waals surface area contributed by atoms with Crippen molar-refractivity contribution in [1.29, 1.82) is 0 Å². The maximum absolute atomic E-state index is 13.8. The maximum atomic E-state index is 13.8. The molecule has 0 spiro atoms. The molecule has 0 fully saturated rings. The lowest BCUT2D eigenvalue weighted by atomic mass is 10.2. The highest BCUT2D eigenvalue weighted by molar-refractivity contribution is 5.76. The Morgan fingerprint density at radius 3 is 2.77 bits per heavy atom. The molecule has 0 saturated heterocycles. The van der Waals surface area contributed by atoms with Gasteiger partial charge in [0.05, 0.1) is 17.5 Å². The highest BCUT2D eigenvalue weighted by Crippen LogP contribution is 2.19. The number of Topliss-reactive ketones (excluding diaryl/α,β-unsaturated/α-hetero) is 1. The number of para-hydroxylation sites is 2. The summed E-state index contributed by atoms with van der Waals surface area (Å²) in [6, 6.07) is 6.47. The Morgan fingerprint density at radius 2 is 2.09 bits per heavy atom. The first-order valence-corrected chi connectivity index (χ1v) is 6.51. The number of alkyl halides is 2. The van der Waals surface area contributed by atoms with Crippen LogP contribution in [0, 0.1) is 0 Å². The Hall–Kier alpha value is -2.35. The van der Waals surface area contributed by atoms with Crippen molar-refractivity contribution < 1.29 is 18.3 Å². The van der Waals surface area contributed by atoms with Crippen LogP contribution >= 0.6 is 0 Å². The molecule has 0 radical (unpaired) electrons. The van der Waals surface area contributed by atoms with Crippen LogP contribution in [0.2, 0.25) is 0 Å².